The lowest BCUT2D eigenvalue weighted by atomic mass is 9.87. The lowest BCUT2D eigenvalue weighted by Gasteiger charge is -2.33. The van der Waals surface area contributed by atoms with Crippen molar-refractivity contribution in [1.29, 1.82) is 0 Å². The molecule has 1 heterocycles. The van der Waals surface area contributed by atoms with Crippen LogP contribution in [0.5, 0.6) is 5.75 Å². The van der Waals surface area contributed by atoms with Crippen LogP contribution >= 0.6 is 0 Å². The molecule has 4 heteroatoms. The molecular weight excluding hydrogens is 372 g/mol. The van der Waals surface area contributed by atoms with Gasteiger partial charge in [-0.2, -0.15) is 0 Å². The summed E-state index contributed by atoms with van der Waals surface area (Å²) in [7, 11) is 0. The molecule has 0 spiro atoms. The van der Waals surface area contributed by atoms with Crippen molar-refractivity contribution in [3.8, 4) is 5.75 Å². The monoisotopic (exact) mass is 408 g/mol. The quantitative estimate of drug-likeness (QED) is 0.688. The molecule has 162 valence electrons. The molecule has 1 N–H and O–H groups in total. The number of hydrogen-bond acceptors (Lipinski definition) is 3. The van der Waals surface area contributed by atoms with Crippen LogP contribution in [-0.4, -0.2) is 25.6 Å². The molecule has 1 amide bonds. The molecule has 2 aromatic carbocycles. The first kappa shape index (κ1) is 22.2. The SMILES string of the molecule is C[C@H]1CCCN(c2ccc([C@H](C)NC(=O)COc3ccc(C(C)(C)C)cc3)cc2)C1. The van der Waals surface area contributed by atoms with Gasteiger partial charge in [0.05, 0.1) is 6.04 Å². The van der Waals surface area contributed by atoms with Gasteiger partial charge in [0, 0.05) is 18.8 Å². The van der Waals surface area contributed by atoms with E-state index in [2.05, 4.69) is 74.3 Å². The summed E-state index contributed by atoms with van der Waals surface area (Å²) in [5.74, 6) is 1.35. The maximum absolute atomic E-state index is 12.3. The smallest absolute Gasteiger partial charge is 0.258 e. The van der Waals surface area contributed by atoms with Crippen molar-refractivity contribution in [3.05, 3.63) is 59.7 Å². The highest BCUT2D eigenvalue weighted by Crippen LogP contribution is 2.25. The number of anilines is 1. The molecule has 0 saturated carbocycles. The van der Waals surface area contributed by atoms with Crippen LogP contribution in [0.2, 0.25) is 0 Å². The van der Waals surface area contributed by atoms with Crippen molar-refractivity contribution in [1.82, 2.24) is 5.32 Å². The molecule has 0 aromatic heterocycles. The molecule has 3 rings (SSSR count). The molecule has 1 fully saturated rings. The number of ether oxygens (including phenoxy) is 1. The number of hydrogen-bond donors (Lipinski definition) is 1. The largest absolute Gasteiger partial charge is 0.484 e. The van der Waals surface area contributed by atoms with Crippen LogP contribution in [0, 0.1) is 5.92 Å². The number of nitrogens with zero attached hydrogens (tertiary/aromatic N) is 1. The van der Waals surface area contributed by atoms with E-state index in [4.69, 9.17) is 4.74 Å². The fraction of sp³-hybridized carbons (Fsp3) is 0.500. The first-order chi connectivity index (χ1) is 14.2. The summed E-state index contributed by atoms with van der Waals surface area (Å²) < 4.78 is 5.66. The Kier molecular flexibility index (Phi) is 7.06. The molecule has 1 aliphatic rings. The minimum Gasteiger partial charge on any atom is -0.484 e. The van der Waals surface area contributed by atoms with Crippen LogP contribution < -0.4 is 15.0 Å². The van der Waals surface area contributed by atoms with Gasteiger partial charge in [0.1, 0.15) is 5.75 Å². The Labute approximate surface area is 181 Å². The van der Waals surface area contributed by atoms with Crippen molar-refractivity contribution >= 4 is 11.6 Å². The van der Waals surface area contributed by atoms with Crippen LogP contribution in [0.3, 0.4) is 0 Å². The number of nitrogens with one attached hydrogen (secondary N) is 1. The van der Waals surface area contributed by atoms with E-state index in [1.54, 1.807) is 0 Å². The fourth-order valence-corrected chi connectivity index (χ4v) is 3.96. The molecule has 1 aliphatic heterocycles. The van der Waals surface area contributed by atoms with Gasteiger partial charge in [-0.05, 0) is 66.5 Å². The normalized spacial score (nSPS) is 18.0. The second-order valence-corrected chi connectivity index (χ2v) is 9.64. The van der Waals surface area contributed by atoms with Crippen molar-refractivity contribution < 1.29 is 9.53 Å². The first-order valence-electron chi connectivity index (χ1n) is 11.1. The number of benzene rings is 2. The highest BCUT2D eigenvalue weighted by atomic mass is 16.5. The van der Waals surface area contributed by atoms with Crippen molar-refractivity contribution in [2.24, 2.45) is 5.92 Å². The van der Waals surface area contributed by atoms with Gasteiger partial charge in [-0.15, -0.1) is 0 Å². The number of carbonyl (C=O) groups is 1. The average molecular weight is 409 g/mol. The lowest BCUT2D eigenvalue weighted by Crippen LogP contribution is -2.34. The summed E-state index contributed by atoms with van der Waals surface area (Å²) in [6.45, 7) is 13.1. The van der Waals surface area contributed by atoms with Crippen LogP contribution in [0.25, 0.3) is 0 Å². The Balaban J connectivity index is 1.49. The Morgan fingerprint density at radius 2 is 1.80 bits per heavy atom. The summed E-state index contributed by atoms with van der Waals surface area (Å²) in [4.78, 5) is 14.8. The highest BCUT2D eigenvalue weighted by Gasteiger charge is 2.17. The van der Waals surface area contributed by atoms with Crippen LogP contribution in [0.4, 0.5) is 5.69 Å². The molecule has 1 saturated heterocycles. The number of piperidine rings is 1. The van der Waals surface area contributed by atoms with Gasteiger partial charge in [-0.25, -0.2) is 0 Å². The third-order valence-electron chi connectivity index (χ3n) is 5.88. The molecule has 4 nitrogen and oxygen atoms in total. The van der Waals surface area contributed by atoms with E-state index in [0.717, 1.165) is 24.6 Å². The summed E-state index contributed by atoms with van der Waals surface area (Å²) in [6, 6.07) is 16.5. The van der Waals surface area contributed by atoms with Gasteiger partial charge in [-0.3, -0.25) is 4.79 Å². The minimum atomic E-state index is -0.115. The Morgan fingerprint density at radius 1 is 1.13 bits per heavy atom. The van der Waals surface area contributed by atoms with E-state index in [1.807, 2.05) is 19.1 Å². The van der Waals surface area contributed by atoms with Gasteiger partial charge in [0.25, 0.3) is 5.91 Å². The second-order valence-electron chi connectivity index (χ2n) is 9.64. The van der Waals surface area contributed by atoms with E-state index in [1.165, 1.54) is 24.1 Å². The first-order valence-corrected chi connectivity index (χ1v) is 11.1. The summed E-state index contributed by atoms with van der Waals surface area (Å²) in [6.07, 6.45) is 2.58. The van der Waals surface area contributed by atoms with E-state index < -0.39 is 0 Å². The third kappa shape index (κ3) is 6.01. The zero-order valence-corrected chi connectivity index (χ0v) is 19.1. The molecule has 0 aliphatic carbocycles. The molecular formula is C26H36N2O2. The van der Waals surface area contributed by atoms with Crippen LogP contribution in [0.1, 0.15) is 64.6 Å². The Morgan fingerprint density at radius 3 is 2.40 bits per heavy atom. The summed E-state index contributed by atoms with van der Waals surface area (Å²) >= 11 is 0. The van der Waals surface area contributed by atoms with Gasteiger partial charge in [0.2, 0.25) is 0 Å². The standard InChI is InChI=1S/C26H36N2O2/c1-19-7-6-16-28(17-19)23-12-8-21(9-13-23)20(2)27-25(29)18-30-24-14-10-22(11-15-24)26(3,4)5/h8-15,19-20H,6-7,16-18H2,1-5H3,(H,27,29)/t19-,20-/m0/s1. The van der Waals surface area contributed by atoms with Crippen LogP contribution in [0.15, 0.2) is 48.5 Å². The molecule has 30 heavy (non-hydrogen) atoms. The average Bonchev–Trinajstić information content (AvgIpc) is 2.72. The molecule has 2 atom stereocenters. The van der Waals surface area contributed by atoms with Crippen LogP contribution in [-0.2, 0) is 10.2 Å². The summed E-state index contributed by atoms with van der Waals surface area (Å²) in [5, 5.41) is 3.03. The topological polar surface area (TPSA) is 41.6 Å². The molecule has 0 radical (unpaired) electrons. The van der Waals surface area contributed by atoms with E-state index in [-0.39, 0.29) is 24.0 Å². The summed E-state index contributed by atoms with van der Waals surface area (Å²) in [5.41, 5.74) is 3.72. The second kappa shape index (κ2) is 9.55. The maximum Gasteiger partial charge on any atom is 0.258 e. The molecule has 0 unspecified atom stereocenters. The molecule has 2 aromatic rings. The Hall–Kier alpha value is -2.49. The van der Waals surface area contributed by atoms with Gasteiger partial charge in [0.15, 0.2) is 6.61 Å². The fourth-order valence-electron chi connectivity index (χ4n) is 3.96. The third-order valence-corrected chi connectivity index (χ3v) is 5.88. The lowest BCUT2D eigenvalue weighted by molar-refractivity contribution is -0.123. The predicted octanol–water partition coefficient (Wildman–Crippen LogP) is 5.48. The molecule has 0 bridgehead atoms. The van der Waals surface area contributed by atoms with E-state index in [9.17, 15) is 4.79 Å². The van der Waals surface area contributed by atoms with Gasteiger partial charge in [-0.1, -0.05) is 52.0 Å². The zero-order chi connectivity index (χ0) is 21.7. The van der Waals surface area contributed by atoms with Gasteiger partial charge >= 0.3 is 0 Å². The number of carbonyl (C=O) groups excluding carboxylic acids is 1. The predicted molar refractivity (Wildman–Crippen MR) is 124 cm³/mol. The zero-order valence-electron chi connectivity index (χ0n) is 19.1. The maximum atomic E-state index is 12.3. The van der Waals surface area contributed by atoms with E-state index >= 15 is 0 Å². The number of amides is 1. The highest BCUT2D eigenvalue weighted by molar-refractivity contribution is 5.78. The van der Waals surface area contributed by atoms with E-state index in [0.29, 0.717) is 5.75 Å². The van der Waals surface area contributed by atoms with Crippen molar-refractivity contribution in [2.75, 3.05) is 24.6 Å². The number of rotatable bonds is 6. The van der Waals surface area contributed by atoms with Gasteiger partial charge < -0.3 is 15.0 Å². The van der Waals surface area contributed by atoms with Crippen molar-refractivity contribution in [2.45, 2.75) is 58.9 Å². The van der Waals surface area contributed by atoms with Crippen molar-refractivity contribution in [3.63, 3.8) is 0 Å². The minimum absolute atomic E-state index is 0.0168. The Bertz CT molecular complexity index is 822.